The first-order valence-electron chi connectivity index (χ1n) is 8.10. The number of nitrogens with zero attached hydrogens (tertiary/aromatic N) is 3. The van der Waals surface area contributed by atoms with Crippen LogP contribution in [0.2, 0.25) is 0 Å². The molecule has 0 aromatic carbocycles. The molecule has 2 aliphatic rings. The molecular formula is C15H26N4O. The van der Waals surface area contributed by atoms with Crippen LogP contribution in [-0.4, -0.2) is 40.7 Å². The summed E-state index contributed by atoms with van der Waals surface area (Å²) < 4.78 is 5.24. The number of aryl methyl sites for hydroxylation is 1. The standard InChI is InChI=1S/C15H26N4O/c1-2-3-15-17-14(18-20-15)11-19-8-6-12(7-9-19)10-16-13-4-5-13/h12-13,16H,2-11H2,1H3. The molecule has 0 spiro atoms. The third-order valence-corrected chi connectivity index (χ3v) is 4.32. The number of piperidine rings is 1. The summed E-state index contributed by atoms with van der Waals surface area (Å²) >= 11 is 0. The fourth-order valence-corrected chi connectivity index (χ4v) is 2.84. The second kappa shape index (κ2) is 6.68. The molecule has 0 atom stereocenters. The molecule has 0 bridgehead atoms. The smallest absolute Gasteiger partial charge is 0.226 e. The lowest BCUT2D eigenvalue weighted by Crippen LogP contribution is -2.37. The van der Waals surface area contributed by atoms with Gasteiger partial charge in [-0.2, -0.15) is 4.98 Å². The maximum absolute atomic E-state index is 5.24. The van der Waals surface area contributed by atoms with E-state index in [0.717, 1.165) is 56.2 Å². The summed E-state index contributed by atoms with van der Waals surface area (Å²) in [4.78, 5) is 6.90. The predicted octanol–water partition coefficient (Wildman–Crippen LogP) is 1.99. The van der Waals surface area contributed by atoms with Gasteiger partial charge >= 0.3 is 0 Å². The van der Waals surface area contributed by atoms with Gasteiger partial charge in [-0.3, -0.25) is 4.90 Å². The Labute approximate surface area is 121 Å². The SMILES string of the molecule is CCCc1nc(CN2CCC(CNC3CC3)CC2)no1. The molecule has 20 heavy (non-hydrogen) atoms. The number of aromatic nitrogens is 2. The average Bonchev–Trinajstić information content (AvgIpc) is 3.19. The molecule has 2 heterocycles. The third-order valence-electron chi connectivity index (χ3n) is 4.32. The molecule has 1 aromatic rings. The fraction of sp³-hybridized carbons (Fsp3) is 0.867. The normalized spacial score (nSPS) is 21.4. The van der Waals surface area contributed by atoms with E-state index in [1.54, 1.807) is 0 Å². The van der Waals surface area contributed by atoms with Crippen LogP contribution in [0.1, 0.15) is 50.7 Å². The van der Waals surface area contributed by atoms with E-state index in [2.05, 4.69) is 27.3 Å². The van der Waals surface area contributed by atoms with Gasteiger partial charge in [0.2, 0.25) is 5.89 Å². The van der Waals surface area contributed by atoms with Crippen molar-refractivity contribution in [3.63, 3.8) is 0 Å². The zero-order valence-corrected chi connectivity index (χ0v) is 12.5. The Morgan fingerprint density at radius 3 is 2.75 bits per heavy atom. The van der Waals surface area contributed by atoms with E-state index >= 15 is 0 Å². The quantitative estimate of drug-likeness (QED) is 0.826. The number of likely N-dealkylation sites (tertiary alicyclic amines) is 1. The fourth-order valence-electron chi connectivity index (χ4n) is 2.84. The maximum Gasteiger partial charge on any atom is 0.226 e. The second-order valence-electron chi connectivity index (χ2n) is 6.26. The minimum Gasteiger partial charge on any atom is -0.339 e. The summed E-state index contributed by atoms with van der Waals surface area (Å²) in [6.45, 7) is 6.50. The van der Waals surface area contributed by atoms with Crippen LogP contribution < -0.4 is 5.32 Å². The first kappa shape index (κ1) is 14.0. The van der Waals surface area contributed by atoms with Gasteiger partial charge in [-0.1, -0.05) is 12.1 Å². The lowest BCUT2D eigenvalue weighted by Gasteiger charge is -2.31. The molecule has 1 aliphatic heterocycles. The summed E-state index contributed by atoms with van der Waals surface area (Å²) in [6, 6.07) is 0.837. The van der Waals surface area contributed by atoms with Crippen LogP contribution in [0.5, 0.6) is 0 Å². The predicted molar refractivity (Wildman–Crippen MR) is 77.3 cm³/mol. The number of hydrogen-bond donors (Lipinski definition) is 1. The average molecular weight is 278 g/mol. The highest BCUT2D eigenvalue weighted by atomic mass is 16.5. The van der Waals surface area contributed by atoms with Crippen LogP contribution in [0.4, 0.5) is 0 Å². The highest BCUT2D eigenvalue weighted by molar-refractivity contribution is 4.88. The summed E-state index contributed by atoms with van der Waals surface area (Å²) in [5, 5.41) is 7.73. The van der Waals surface area contributed by atoms with Gasteiger partial charge in [0.15, 0.2) is 5.82 Å². The van der Waals surface area contributed by atoms with Crippen LogP contribution in [0.25, 0.3) is 0 Å². The topological polar surface area (TPSA) is 54.2 Å². The Morgan fingerprint density at radius 1 is 1.25 bits per heavy atom. The lowest BCUT2D eigenvalue weighted by atomic mass is 9.97. The molecule has 2 fully saturated rings. The van der Waals surface area contributed by atoms with Crippen molar-refractivity contribution in [1.29, 1.82) is 0 Å². The zero-order chi connectivity index (χ0) is 13.8. The van der Waals surface area contributed by atoms with E-state index in [1.807, 2.05) is 0 Å². The van der Waals surface area contributed by atoms with Crippen molar-refractivity contribution in [2.24, 2.45) is 5.92 Å². The van der Waals surface area contributed by atoms with Gasteiger partial charge in [0, 0.05) is 12.5 Å². The van der Waals surface area contributed by atoms with E-state index in [4.69, 9.17) is 4.52 Å². The van der Waals surface area contributed by atoms with Crippen LogP contribution >= 0.6 is 0 Å². The molecule has 0 amide bonds. The first-order valence-corrected chi connectivity index (χ1v) is 8.10. The van der Waals surface area contributed by atoms with Gasteiger partial charge in [-0.05, 0) is 57.7 Å². The van der Waals surface area contributed by atoms with Crippen molar-refractivity contribution < 1.29 is 4.52 Å². The van der Waals surface area contributed by atoms with E-state index in [1.165, 1.54) is 32.2 Å². The molecular weight excluding hydrogens is 252 g/mol. The number of nitrogens with one attached hydrogen (secondary N) is 1. The molecule has 1 saturated heterocycles. The van der Waals surface area contributed by atoms with Gasteiger partial charge in [-0.15, -0.1) is 0 Å². The van der Waals surface area contributed by atoms with Gasteiger partial charge < -0.3 is 9.84 Å². The molecule has 0 radical (unpaired) electrons. The van der Waals surface area contributed by atoms with Crippen molar-refractivity contribution in [2.75, 3.05) is 19.6 Å². The van der Waals surface area contributed by atoms with Crippen molar-refractivity contribution in [1.82, 2.24) is 20.4 Å². The molecule has 1 N–H and O–H groups in total. The summed E-state index contributed by atoms with van der Waals surface area (Å²) in [5.74, 6) is 2.49. The Hall–Kier alpha value is -0.940. The highest BCUT2D eigenvalue weighted by Crippen LogP contribution is 2.22. The van der Waals surface area contributed by atoms with Crippen molar-refractivity contribution in [2.45, 2.75) is 58.0 Å². The van der Waals surface area contributed by atoms with Crippen molar-refractivity contribution >= 4 is 0 Å². The summed E-state index contributed by atoms with van der Waals surface area (Å²) in [6.07, 6.45) is 7.30. The minimum absolute atomic E-state index is 0.783. The Kier molecular flexibility index (Phi) is 4.68. The molecule has 1 aromatic heterocycles. The Balaban J connectivity index is 1.38. The monoisotopic (exact) mass is 278 g/mol. The van der Waals surface area contributed by atoms with E-state index in [0.29, 0.717) is 0 Å². The molecule has 112 valence electrons. The zero-order valence-electron chi connectivity index (χ0n) is 12.5. The minimum atomic E-state index is 0.783. The number of rotatable bonds is 7. The van der Waals surface area contributed by atoms with Crippen LogP contribution in [-0.2, 0) is 13.0 Å². The third kappa shape index (κ3) is 4.03. The Bertz CT molecular complexity index is 408. The maximum atomic E-state index is 5.24. The Morgan fingerprint density at radius 2 is 2.05 bits per heavy atom. The van der Waals surface area contributed by atoms with E-state index in [9.17, 15) is 0 Å². The first-order chi connectivity index (χ1) is 9.83. The molecule has 5 heteroatoms. The van der Waals surface area contributed by atoms with E-state index in [-0.39, 0.29) is 0 Å². The van der Waals surface area contributed by atoms with E-state index < -0.39 is 0 Å². The molecule has 0 unspecified atom stereocenters. The van der Waals surface area contributed by atoms with Gasteiger partial charge in [0.25, 0.3) is 0 Å². The highest BCUT2D eigenvalue weighted by Gasteiger charge is 2.24. The van der Waals surface area contributed by atoms with Crippen molar-refractivity contribution in [3.8, 4) is 0 Å². The van der Waals surface area contributed by atoms with Gasteiger partial charge in [-0.25, -0.2) is 0 Å². The summed E-state index contributed by atoms with van der Waals surface area (Å²) in [5.41, 5.74) is 0. The molecule has 1 aliphatic carbocycles. The molecule has 1 saturated carbocycles. The summed E-state index contributed by atoms with van der Waals surface area (Å²) in [7, 11) is 0. The largest absolute Gasteiger partial charge is 0.339 e. The van der Waals surface area contributed by atoms with Crippen LogP contribution in [0, 0.1) is 5.92 Å². The van der Waals surface area contributed by atoms with Gasteiger partial charge in [0.1, 0.15) is 0 Å². The van der Waals surface area contributed by atoms with Crippen LogP contribution in [0.15, 0.2) is 4.52 Å². The number of hydrogen-bond acceptors (Lipinski definition) is 5. The van der Waals surface area contributed by atoms with Crippen molar-refractivity contribution in [3.05, 3.63) is 11.7 Å². The second-order valence-corrected chi connectivity index (χ2v) is 6.26. The van der Waals surface area contributed by atoms with Crippen LogP contribution in [0.3, 0.4) is 0 Å². The molecule has 5 nitrogen and oxygen atoms in total. The molecule has 3 rings (SSSR count). The lowest BCUT2D eigenvalue weighted by molar-refractivity contribution is 0.170. The van der Waals surface area contributed by atoms with Gasteiger partial charge in [0.05, 0.1) is 6.54 Å².